The molecule has 2 fully saturated rings. The van der Waals surface area contributed by atoms with Crippen molar-refractivity contribution in [3.63, 3.8) is 0 Å². The van der Waals surface area contributed by atoms with Crippen molar-refractivity contribution in [3.8, 4) is 0 Å². The second-order valence-corrected chi connectivity index (χ2v) is 7.38. The summed E-state index contributed by atoms with van der Waals surface area (Å²) in [7, 11) is 0. The summed E-state index contributed by atoms with van der Waals surface area (Å²) in [5, 5.41) is 3.70. The first-order chi connectivity index (χ1) is 9.45. The minimum atomic E-state index is 0.135. The molecule has 2 heterocycles. The van der Waals surface area contributed by atoms with Crippen LogP contribution in [0.5, 0.6) is 0 Å². The number of hydrogen-bond acceptors (Lipinski definition) is 3. The Morgan fingerprint density at radius 2 is 1.90 bits per heavy atom. The normalized spacial score (nSPS) is 34.0. The standard InChI is InChI=1S/C17H34N2O/c1-6-14-12-18-16(4,5)13-19(14)15-9-10-20-17(7-2,8-3)11-15/h14-15,18H,6-13H2,1-5H3. The summed E-state index contributed by atoms with van der Waals surface area (Å²) in [6, 6.07) is 1.40. The van der Waals surface area contributed by atoms with E-state index < -0.39 is 0 Å². The van der Waals surface area contributed by atoms with Gasteiger partial charge in [-0.25, -0.2) is 0 Å². The summed E-state index contributed by atoms with van der Waals surface area (Å²) in [6.07, 6.45) is 5.95. The lowest BCUT2D eigenvalue weighted by Gasteiger charge is -2.51. The summed E-state index contributed by atoms with van der Waals surface area (Å²) in [4.78, 5) is 2.79. The van der Waals surface area contributed by atoms with Crippen LogP contribution in [-0.4, -0.2) is 47.8 Å². The molecule has 0 aliphatic carbocycles. The maximum absolute atomic E-state index is 6.16. The highest BCUT2D eigenvalue weighted by atomic mass is 16.5. The SMILES string of the molecule is CCC1CNC(C)(C)CN1C1CCOC(CC)(CC)C1. The Labute approximate surface area is 125 Å². The number of piperazine rings is 1. The first-order valence-electron chi connectivity index (χ1n) is 8.60. The van der Waals surface area contributed by atoms with Gasteiger partial charge in [0.2, 0.25) is 0 Å². The molecule has 0 bridgehead atoms. The Hall–Kier alpha value is -0.120. The van der Waals surface area contributed by atoms with Crippen LogP contribution in [0.4, 0.5) is 0 Å². The summed E-state index contributed by atoms with van der Waals surface area (Å²) in [6.45, 7) is 14.8. The molecule has 0 spiro atoms. The molecule has 0 saturated carbocycles. The highest BCUT2D eigenvalue weighted by molar-refractivity contribution is 4.98. The first-order valence-corrected chi connectivity index (χ1v) is 8.60. The summed E-state index contributed by atoms with van der Waals surface area (Å²) < 4.78 is 6.16. The van der Waals surface area contributed by atoms with Gasteiger partial charge in [-0.3, -0.25) is 4.90 Å². The fourth-order valence-corrected chi connectivity index (χ4v) is 3.99. The third-order valence-corrected chi connectivity index (χ3v) is 5.56. The second-order valence-electron chi connectivity index (χ2n) is 7.38. The fourth-order valence-electron chi connectivity index (χ4n) is 3.99. The van der Waals surface area contributed by atoms with Gasteiger partial charge in [0.25, 0.3) is 0 Å². The van der Waals surface area contributed by atoms with Gasteiger partial charge in [-0.2, -0.15) is 0 Å². The summed E-state index contributed by atoms with van der Waals surface area (Å²) in [5.41, 5.74) is 0.376. The minimum absolute atomic E-state index is 0.135. The largest absolute Gasteiger partial charge is 0.375 e. The van der Waals surface area contributed by atoms with Crippen LogP contribution in [0, 0.1) is 0 Å². The van der Waals surface area contributed by atoms with Gasteiger partial charge in [0.05, 0.1) is 5.60 Å². The maximum Gasteiger partial charge on any atom is 0.0692 e. The monoisotopic (exact) mass is 282 g/mol. The van der Waals surface area contributed by atoms with Crippen LogP contribution < -0.4 is 5.32 Å². The molecule has 118 valence electrons. The quantitative estimate of drug-likeness (QED) is 0.857. The Balaban J connectivity index is 2.11. The van der Waals surface area contributed by atoms with Crippen LogP contribution in [0.15, 0.2) is 0 Å². The summed E-state index contributed by atoms with van der Waals surface area (Å²) >= 11 is 0. The molecule has 3 nitrogen and oxygen atoms in total. The highest BCUT2D eigenvalue weighted by Crippen LogP contribution is 2.35. The van der Waals surface area contributed by atoms with E-state index in [1.54, 1.807) is 0 Å². The van der Waals surface area contributed by atoms with Crippen molar-refractivity contribution in [2.45, 2.75) is 89.9 Å². The van der Waals surface area contributed by atoms with Crippen molar-refractivity contribution in [1.82, 2.24) is 10.2 Å². The molecule has 2 aliphatic rings. The zero-order chi connectivity index (χ0) is 14.8. The van der Waals surface area contributed by atoms with E-state index in [-0.39, 0.29) is 11.1 Å². The van der Waals surface area contributed by atoms with Crippen molar-refractivity contribution < 1.29 is 4.74 Å². The van der Waals surface area contributed by atoms with Crippen molar-refractivity contribution in [3.05, 3.63) is 0 Å². The number of hydrogen-bond donors (Lipinski definition) is 1. The van der Waals surface area contributed by atoms with Crippen LogP contribution in [0.3, 0.4) is 0 Å². The molecule has 0 radical (unpaired) electrons. The Morgan fingerprint density at radius 1 is 1.20 bits per heavy atom. The van der Waals surface area contributed by atoms with Crippen LogP contribution in [0.2, 0.25) is 0 Å². The smallest absolute Gasteiger partial charge is 0.0692 e. The number of rotatable bonds is 4. The number of nitrogens with one attached hydrogen (secondary N) is 1. The van der Waals surface area contributed by atoms with Gasteiger partial charge < -0.3 is 10.1 Å². The van der Waals surface area contributed by atoms with Gasteiger partial charge >= 0.3 is 0 Å². The molecular formula is C17H34N2O. The molecule has 0 aromatic carbocycles. The van der Waals surface area contributed by atoms with E-state index >= 15 is 0 Å². The van der Waals surface area contributed by atoms with E-state index in [1.807, 2.05) is 0 Å². The summed E-state index contributed by atoms with van der Waals surface area (Å²) in [5.74, 6) is 0. The third kappa shape index (κ3) is 3.37. The average Bonchev–Trinajstić information content (AvgIpc) is 2.46. The van der Waals surface area contributed by atoms with Crippen LogP contribution >= 0.6 is 0 Å². The Bertz CT molecular complexity index is 312. The van der Waals surface area contributed by atoms with Gasteiger partial charge in [0.15, 0.2) is 0 Å². The van der Waals surface area contributed by atoms with E-state index in [2.05, 4.69) is 44.8 Å². The predicted octanol–water partition coefficient (Wildman–Crippen LogP) is 3.19. The molecule has 1 N–H and O–H groups in total. The van der Waals surface area contributed by atoms with Gasteiger partial charge in [-0.15, -0.1) is 0 Å². The lowest BCUT2D eigenvalue weighted by molar-refractivity contribution is -0.121. The van der Waals surface area contributed by atoms with Gasteiger partial charge in [-0.1, -0.05) is 20.8 Å². The van der Waals surface area contributed by atoms with E-state index in [0.29, 0.717) is 12.1 Å². The predicted molar refractivity (Wildman–Crippen MR) is 85.2 cm³/mol. The van der Waals surface area contributed by atoms with Crippen LogP contribution in [-0.2, 0) is 4.74 Å². The molecule has 0 amide bonds. The Kier molecular flexibility index (Phi) is 5.14. The number of nitrogens with zero attached hydrogens (tertiary/aromatic N) is 1. The van der Waals surface area contributed by atoms with Crippen molar-refractivity contribution in [2.24, 2.45) is 0 Å². The van der Waals surface area contributed by atoms with Gasteiger partial charge in [0, 0.05) is 37.3 Å². The molecule has 2 unspecified atom stereocenters. The lowest BCUT2D eigenvalue weighted by atomic mass is 9.83. The molecular weight excluding hydrogens is 248 g/mol. The molecule has 20 heavy (non-hydrogen) atoms. The highest BCUT2D eigenvalue weighted by Gasteiger charge is 2.41. The second kappa shape index (κ2) is 6.33. The molecule has 0 aromatic rings. The molecule has 3 heteroatoms. The van der Waals surface area contributed by atoms with E-state index in [0.717, 1.165) is 26.0 Å². The van der Waals surface area contributed by atoms with E-state index in [1.165, 1.54) is 25.8 Å². The average molecular weight is 282 g/mol. The number of ether oxygens (including phenoxy) is 1. The molecule has 2 aliphatic heterocycles. The van der Waals surface area contributed by atoms with Gasteiger partial charge in [0.1, 0.15) is 0 Å². The topological polar surface area (TPSA) is 24.5 Å². The van der Waals surface area contributed by atoms with Crippen molar-refractivity contribution in [1.29, 1.82) is 0 Å². The van der Waals surface area contributed by atoms with Crippen LogP contribution in [0.1, 0.15) is 66.7 Å². The molecule has 2 saturated heterocycles. The van der Waals surface area contributed by atoms with E-state index in [9.17, 15) is 0 Å². The maximum atomic E-state index is 6.16. The molecule has 2 atom stereocenters. The lowest BCUT2D eigenvalue weighted by Crippen LogP contribution is -2.65. The zero-order valence-electron chi connectivity index (χ0n) is 14.2. The molecule has 0 aromatic heterocycles. The first kappa shape index (κ1) is 16.3. The van der Waals surface area contributed by atoms with Crippen molar-refractivity contribution in [2.75, 3.05) is 19.7 Å². The van der Waals surface area contributed by atoms with E-state index in [4.69, 9.17) is 4.74 Å². The fraction of sp³-hybridized carbons (Fsp3) is 1.00. The molecule has 2 rings (SSSR count). The van der Waals surface area contributed by atoms with Gasteiger partial charge in [-0.05, 0) is 46.0 Å². The zero-order valence-corrected chi connectivity index (χ0v) is 14.2. The van der Waals surface area contributed by atoms with Crippen LogP contribution in [0.25, 0.3) is 0 Å². The van der Waals surface area contributed by atoms with Crippen molar-refractivity contribution >= 4 is 0 Å². The third-order valence-electron chi connectivity index (χ3n) is 5.56. The Morgan fingerprint density at radius 3 is 2.50 bits per heavy atom. The minimum Gasteiger partial charge on any atom is -0.375 e.